The van der Waals surface area contributed by atoms with Gasteiger partial charge in [0.15, 0.2) is 16.9 Å². The van der Waals surface area contributed by atoms with Crippen molar-refractivity contribution in [1.82, 2.24) is 4.57 Å². The third-order valence-corrected chi connectivity index (χ3v) is 7.33. The number of aliphatic carboxylic acids is 1. The summed E-state index contributed by atoms with van der Waals surface area (Å²) < 4.78 is 12.4. The second-order valence-corrected chi connectivity index (χ2v) is 9.48. The molecule has 11 heteroatoms. The molecule has 1 saturated carbocycles. The van der Waals surface area contributed by atoms with Gasteiger partial charge in [-0.05, 0) is 67.7 Å². The molecule has 0 amide bonds. The summed E-state index contributed by atoms with van der Waals surface area (Å²) in [6.45, 7) is 0.151. The molecule has 2 aromatic carbocycles. The maximum Gasteiger partial charge on any atom is 1.00 e. The zero-order valence-electron chi connectivity index (χ0n) is 20.8. The van der Waals surface area contributed by atoms with Crippen LogP contribution in [0.1, 0.15) is 59.6 Å². The van der Waals surface area contributed by atoms with E-state index in [1.54, 1.807) is 41.0 Å². The van der Waals surface area contributed by atoms with E-state index in [0.717, 1.165) is 0 Å². The van der Waals surface area contributed by atoms with Crippen molar-refractivity contribution in [1.29, 1.82) is 0 Å². The second-order valence-electron chi connectivity index (χ2n) is 9.07. The van der Waals surface area contributed by atoms with Crippen LogP contribution < -0.4 is 128 Å². The zero-order chi connectivity index (χ0) is 24.7. The topological polar surface area (TPSA) is 121 Å². The Morgan fingerprint density at radius 3 is 2.30 bits per heavy atom. The summed E-state index contributed by atoms with van der Waals surface area (Å²) >= 11 is 6.49. The first-order valence-electron chi connectivity index (χ1n) is 11.5. The molecular weight excluding hydrogens is 552 g/mol. The molecule has 1 aliphatic carbocycles. The van der Waals surface area contributed by atoms with E-state index in [9.17, 15) is 24.6 Å². The van der Waals surface area contributed by atoms with E-state index in [4.69, 9.17) is 21.1 Å². The van der Waals surface area contributed by atoms with Crippen LogP contribution in [-0.4, -0.2) is 23.3 Å². The molecule has 0 spiro atoms. The van der Waals surface area contributed by atoms with Gasteiger partial charge in [0.05, 0.1) is 17.2 Å². The summed E-state index contributed by atoms with van der Waals surface area (Å²) in [6, 6.07) is 10.2. The molecule has 2 heterocycles. The monoisotopic (exact) mass is 573 g/mol. The fourth-order valence-corrected chi connectivity index (χ4v) is 5.54. The normalized spacial score (nSPS) is 18.1. The van der Waals surface area contributed by atoms with Crippen LogP contribution >= 0.6 is 11.6 Å². The summed E-state index contributed by atoms with van der Waals surface area (Å²) in [5.41, 5.74) is 0.755. The Labute approximate surface area is 303 Å². The Hall–Kier alpha value is -0.247. The Morgan fingerprint density at radius 2 is 1.65 bits per heavy atom. The molecule has 5 rings (SSSR count). The van der Waals surface area contributed by atoms with E-state index in [1.165, 1.54) is 0 Å². The number of rotatable bonds is 6. The molecule has 0 N–H and O–H groups in total. The van der Waals surface area contributed by atoms with E-state index in [0.29, 0.717) is 58.7 Å². The number of nitrogens with zero attached hydrogens (tertiary/aromatic N) is 1. The number of aromatic carboxylic acids is 1. The predicted octanol–water partition coefficient (Wildman–Crippen LogP) is -3.78. The maximum atomic E-state index is 13.6. The minimum atomic E-state index is -1.45. The van der Waals surface area contributed by atoms with Gasteiger partial charge >= 0.3 is 103 Å². The number of hydrogen-bond acceptors (Lipinski definition) is 7. The molecule has 182 valence electrons. The second kappa shape index (κ2) is 13.4. The van der Waals surface area contributed by atoms with E-state index in [-0.39, 0.29) is 151 Å². The van der Waals surface area contributed by atoms with E-state index < -0.39 is 11.9 Å². The number of hydrogen-bond donors (Lipinski definition) is 0. The van der Waals surface area contributed by atoms with E-state index >= 15 is 0 Å². The van der Waals surface area contributed by atoms with Crippen LogP contribution in [0.5, 0.6) is 11.5 Å². The molecule has 0 saturated heterocycles. The number of ether oxygens (including phenoxy) is 2. The van der Waals surface area contributed by atoms with Crippen molar-refractivity contribution in [3.8, 4) is 11.5 Å². The van der Waals surface area contributed by atoms with Crippen LogP contribution in [0.15, 0.2) is 41.2 Å². The first-order valence-corrected chi connectivity index (χ1v) is 11.9. The quantitative estimate of drug-likeness (QED) is 0.278. The number of carboxylic acids is 2. The fourth-order valence-electron chi connectivity index (χ4n) is 5.32. The van der Waals surface area contributed by atoms with E-state index in [2.05, 4.69) is 0 Å². The van der Waals surface area contributed by atoms with Crippen molar-refractivity contribution in [3.05, 3.63) is 68.5 Å². The first kappa shape index (κ1) is 31.3. The average molecular weight is 574 g/mol. The molecule has 3 aromatic rings. The predicted molar refractivity (Wildman–Crippen MR) is 124 cm³/mol. The van der Waals surface area contributed by atoms with Gasteiger partial charge in [0, 0.05) is 34.6 Å². The minimum absolute atomic E-state index is 0. The van der Waals surface area contributed by atoms with Crippen LogP contribution in [0.2, 0.25) is 5.02 Å². The zero-order valence-corrected chi connectivity index (χ0v) is 27.8. The van der Waals surface area contributed by atoms with Crippen molar-refractivity contribution < 1.29 is 132 Å². The Morgan fingerprint density at radius 1 is 1.00 bits per heavy atom. The third kappa shape index (κ3) is 6.57. The fraction of sp³-hybridized carbons (Fsp3) is 0.346. The van der Waals surface area contributed by atoms with Crippen LogP contribution in [0.4, 0.5) is 0 Å². The summed E-state index contributed by atoms with van der Waals surface area (Å²) in [6.07, 6.45) is 2.13. The van der Waals surface area contributed by atoms with Gasteiger partial charge in [-0.2, -0.15) is 0 Å². The van der Waals surface area contributed by atoms with Gasteiger partial charge in [-0.1, -0.05) is 23.7 Å². The molecule has 8 nitrogen and oxygen atoms in total. The number of fused-ring (bicyclic) bond motifs is 2. The van der Waals surface area contributed by atoms with Crippen LogP contribution in [0.3, 0.4) is 0 Å². The smallest absolute Gasteiger partial charge is 0.550 e. The molecular formula is C26H22ClK2NO7. The van der Waals surface area contributed by atoms with Gasteiger partial charge < -0.3 is 33.8 Å². The molecule has 0 bridgehead atoms. The van der Waals surface area contributed by atoms with Gasteiger partial charge in [0.25, 0.3) is 0 Å². The standard InChI is InChI=1S/C26H24ClNO7.2K/c27-18-11-21-20(34-13-35-21)10-16(18)12-28-19-4-2-1-3-17(19)25(31)23(24(28)26(32)33)15-7-5-14(6-8-15)9-22(29)30;;/h1-4,10-11,14-15H,5-9,12-13H2,(H,29,30)(H,32,33);;/q;2*+1/p-2. The number of halogens is 1. The van der Waals surface area contributed by atoms with Crippen molar-refractivity contribution in [2.24, 2.45) is 5.92 Å². The summed E-state index contributed by atoms with van der Waals surface area (Å²) in [5.74, 6) is -1.89. The van der Waals surface area contributed by atoms with Gasteiger partial charge in [0.1, 0.15) is 0 Å². The number of pyridine rings is 1. The van der Waals surface area contributed by atoms with Crippen molar-refractivity contribution >= 4 is 34.4 Å². The summed E-state index contributed by atoms with van der Waals surface area (Å²) in [7, 11) is 0. The largest absolute Gasteiger partial charge is 1.00 e. The molecule has 0 radical (unpaired) electrons. The summed E-state index contributed by atoms with van der Waals surface area (Å²) in [5, 5.41) is 24.3. The van der Waals surface area contributed by atoms with Crippen molar-refractivity contribution in [2.75, 3.05) is 6.79 Å². The Bertz CT molecular complexity index is 1400. The number of aromatic nitrogens is 1. The molecule has 0 unspecified atom stereocenters. The van der Waals surface area contributed by atoms with Gasteiger partial charge in [-0.3, -0.25) is 4.79 Å². The number of benzene rings is 2. The number of para-hydroxylation sites is 1. The van der Waals surface area contributed by atoms with Gasteiger partial charge in [-0.15, -0.1) is 0 Å². The number of carbonyl (C=O) groups excluding carboxylic acids is 2. The Kier molecular flexibility index (Phi) is 11.3. The average Bonchev–Trinajstić information content (AvgIpc) is 3.28. The number of carboxylic acid groups (broad SMARTS) is 2. The van der Waals surface area contributed by atoms with Crippen LogP contribution in [0.25, 0.3) is 10.9 Å². The number of carbonyl (C=O) groups is 2. The molecule has 1 aromatic heterocycles. The van der Waals surface area contributed by atoms with E-state index in [1.807, 2.05) is 0 Å². The first-order chi connectivity index (χ1) is 16.8. The molecule has 0 atom stereocenters. The maximum absolute atomic E-state index is 13.6. The van der Waals surface area contributed by atoms with Gasteiger partial charge in [-0.25, -0.2) is 0 Å². The molecule has 1 aliphatic heterocycles. The molecule has 1 fully saturated rings. The third-order valence-electron chi connectivity index (χ3n) is 6.98. The Balaban J connectivity index is 0.00000190. The molecule has 2 aliphatic rings. The minimum Gasteiger partial charge on any atom is -0.550 e. The van der Waals surface area contributed by atoms with Gasteiger partial charge in [0.2, 0.25) is 6.79 Å². The molecule has 37 heavy (non-hydrogen) atoms. The van der Waals surface area contributed by atoms with Crippen LogP contribution in [-0.2, 0) is 11.3 Å². The van der Waals surface area contributed by atoms with Crippen molar-refractivity contribution in [2.45, 2.75) is 44.6 Å². The summed E-state index contributed by atoms with van der Waals surface area (Å²) in [4.78, 5) is 37.1. The van der Waals surface area contributed by atoms with Crippen molar-refractivity contribution in [3.63, 3.8) is 0 Å². The van der Waals surface area contributed by atoms with Crippen LogP contribution in [0, 0.1) is 5.92 Å². The SMILES string of the molecule is O=C([O-])CC1CCC(c2c(C(=O)[O-])n(Cc3cc4c(cc3Cl)OCO4)c3ccccc3c2=O)CC1.[K+].[K+].